The molecule has 0 saturated heterocycles. The van der Waals surface area contributed by atoms with E-state index in [9.17, 15) is 5.11 Å². The molecule has 2 aromatic rings. The van der Waals surface area contributed by atoms with Crippen LogP contribution in [0, 0.1) is 0 Å². The summed E-state index contributed by atoms with van der Waals surface area (Å²) in [6, 6.07) is 16.2. The highest BCUT2D eigenvalue weighted by Gasteiger charge is 2.14. The highest BCUT2D eigenvalue weighted by Crippen LogP contribution is 2.24. The Morgan fingerprint density at radius 3 is 2.62 bits per heavy atom. The molecule has 3 rings (SSSR count). The van der Waals surface area contributed by atoms with Crippen LogP contribution in [0.15, 0.2) is 53.5 Å². The molecule has 0 bridgehead atoms. The van der Waals surface area contributed by atoms with Gasteiger partial charge in [0, 0.05) is 12.3 Å². The van der Waals surface area contributed by atoms with Crippen molar-refractivity contribution in [1.29, 1.82) is 0 Å². The quantitative estimate of drug-likeness (QED) is 0.841. The molecule has 1 aliphatic rings. The third kappa shape index (κ3) is 3.52. The molecule has 0 amide bonds. The molecule has 0 aliphatic heterocycles. The molecule has 2 nitrogen and oxygen atoms in total. The first-order chi connectivity index (χ1) is 10.3. The zero-order valence-electron chi connectivity index (χ0n) is 12.3. The van der Waals surface area contributed by atoms with E-state index in [0.717, 1.165) is 25.8 Å². The summed E-state index contributed by atoms with van der Waals surface area (Å²) in [5.41, 5.74) is 5.02. The van der Waals surface area contributed by atoms with Gasteiger partial charge in [0.25, 0.3) is 0 Å². The molecule has 0 fully saturated rings. The molecule has 1 N–H and O–H groups in total. The number of phenolic OH excluding ortho intramolecular Hbond substituents is 1. The van der Waals surface area contributed by atoms with Crippen LogP contribution in [-0.2, 0) is 12.8 Å². The standard InChI is InChI=1S/C19H21NO/c21-17-10-11-18-16(14-17)8-4-5-9-19(18)20-13-12-15-6-2-1-3-7-15/h1-3,6-7,10-11,14,21H,4-5,8-9,12-13H2/b20-19-. The van der Waals surface area contributed by atoms with Crippen molar-refractivity contribution in [3.05, 3.63) is 65.2 Å². The normalized spacial score (nSPS) is 16.5. The van der Waals surface area contributed by atoms with Gasteiger partial charge in [0.2, 0.25) is 0 Å². The first kappa shape index (κ1) is 13.9. The van der Waals surface area contributed by atoms with Gasteiger partial charge in [-0.1, -0.05) is 30.3 Å². The minimum atomic E-state index is 0.360. The van der Waals surface area contributed by atoms with Crippen LogP contribution in [0.4, 0.5) is 0 Å². The van der Waals surface area contributed by atoms with Gasteiger partial charge in [-0.2, -0.15) is 0 Å². The molecule has 0 aromatic heterocycles. The van der Waals surface area contributed by atoms with Gasteiger partial charge in [0.05, 0.1) is 0 Å². The fourth-order valence-corrected chi connectivity index (χ4v) is 2.94. The van der Waals surface area contributed by atoms with Gasteiger partial charge >= 0.3 is 0 Å². The van der Waals surface area contributed by atoms with Crippen molar-refractivity contribution < 1.29 is 5.11 Å². The fraction of sp³-hybridized carbons (Fsp3) is 0.316. The lowest BCUT2D eigenvalue weighted by atomic mass is 10.0. The lowest BCUT2D eigenvalue weighted by Gasteiger charge is -2.09. The summed E-state index contributed by atoms with van der Waals surface area (Å²) in [5.74, 6) is 0.360. The predicted molar refractivity (Wildman–Crippen MR) is 87.2 cm³/mol. The molecule has 21 heavy (non-hydrogen) atoms. The summed E-state index contributed by atoms with van der Waals surface area (Å²) in [7, 11) is 0. The molecule has 0 unspecified atom stereocenters. The number of aryl methyl sites for hydroxylation is 1. The highest BCUT2D eigenvalue weighted by molar-refractivity contribution is 6.02. The summed E-state index contributed by atoms with van der Waals surface area (Å²) >= 11 is 0. The Hall–Kier alpha value is -2.09. The third-order valence-electron chi connectivity index (χ3n) is 4.06. The van der Waals surface area contributed by atoms with Crippen molar-refractivity contribution in [2.75, 3.05) is 6.54 Å². The minimum absolute atomic E-state index is 0.360. The number of hydrogen-bond donors (Lipinski definition) is 1. The third-order valence-corrected chi connectivity index (χ3v) is 4.06. The van der Waals surface area contributed by atoms with Gasteiger partial charge in [0.1, 0.15) is 5.75 Å². The van der Waals surface area contributed by atoms with E-state index in [1.807, 2.05) is 18.2 Å². The smallest absolute Gasteiger partial charge is 0.115 e. The Bertz CT molecular complexity index is 631. The number of fused-ring (bicyclic) bond motifs is 1. The summed E-state index contributed by atoms with van der Waals surface area (Å²) in [6.45, 7) is 0.833. The monoisotopic (exact) mass is 279 g/mol. The second kappa shape index (κ2) is 6.57. The molecule has 108 valence electrons. The molecule has 0 atom stereocenters. The van der Waals surface area contributed by atoms with E-state index in [1.165, 1.54) is 35.2 Å². The van der Waals surface area contributed by atoms with E-state index in [2.05, 4.69) is 24.3 Å². The molecule has 0 radical (unpaired) electrons. The van der Waals surface area contributed by atoms with Crippen LogP contribution in [-0.4, -0.2) is 17.4 Å². The van der Waals surface area contributed by atoms with E-state index in [1.54, 1.807) is 6.07 Å². The van der Waals surface area contributed by atoms with E-state index < -0.39 is 0 Å². The van der Waals surface area contributed by atoms with Crippen molar-refractivity contribution in [2.24, 2.45) is 4.99 Å². The lowest BCUT2D eigenvalue weighted by Crippen LogP contribution is -2.04. The highest BCUT2D eigenvalue weighted by atomic mass is 16.3. The number of benzene rings is 2. The van der Waals surface area contributed by atoms with E-state index in [4.69, 9.17) is 4.99 Å². The Morgan fingerprint density at radius 2 is 1.76 bits per heavy atom. The predicted octanol–water partition coefficient (Wildman–Crippen LogP) is 4.15. The summed E-state index contributed by atoms with van der Waals surface area (Å²) < 4.78 is 0. The number of aliphatic imine (C=N–C) groups is 1. The molecular weight excluding hydrogens is 258 g/mol. The lowest BCUT2D eigenvalue weighted by molar-refractivity contribution is 0.474. The van der Waals surface area contributed by atoms with E-state index >= 15 is 0 Å². The van der Waals surface area contributed by atoms with Crippen LogP contribution in [0.2, 0.25) is 0 Å². The average Bonchev–Trinajstić information content (AvgIpc) is 2.70. The Balaban J connectivity index is 1.77. The number of phenols is 1. The van der Waals surface area contributed by atoms with Crippen LogP contribution in [0.3, 0.4) is 0 Å². The van der Waals surface area contributed by atoms with Crippen LogP contribution < -0.4 is 0 Å². The van der Waals surface area contributed by atoms with Gasteiger partial charge < -0.3 is 5.11 Å². The number of rotatable bonds is 3. The average molecular weight is 279 g/mol. The van der Waals surface area contributed by atoms with Crippen LogP contribution in [0.5, 0.6) is 5.75 Å². The Kier molecular flexibility index (Phi) is 4.34. The number of hydrogen-bond acceptors (Lipinski definition) is 2. The summed E-state index contributed by atoms with van der Waals surface area (Å²) in [6.07, 6.45) is 5.43. The van der Waals surface area contributed by atoms with Crippen molar-refractivity contribution in [3.63, 3.8) is 0 Å². The first-order valence-corrected chi connectivity index (χ1v) is 7.72. The van der Waals surface area contributed by atoms with E-state index in [-0.39, 0.29) is 0 Å². The molecule has 1 aliphatic carbocycles. The van der Waals surface area contributed by atoms with Crippen LogP contribution >= 0.6 is 0 Å². The number of aromatic hydroxyl groups is 1. The zero-order valence-corrected chi connectivity index (χ0v) is 12.3. The SMILES string of the molecule is Oc1ccc2c(c1)CCCC/C2=N/CCc1ccccc1. The van der Waals surface area contributed by atoms with Gasteiger partial charge in [-0.25, -0.2) is 0 Å². The molecule has 0 saturated carbocycles. The fourth-order valence-electron chi connectivity index (χ4n) is 2.94. The maximum Gasteiger partial charge on any atom is 0.115 e. The van der Waals surface area contributed by atoms with Crippen molar-refractivity contribution in [1.82, 2.24) is 0 Å². The van der Waals surface area contributed by atoms with Gasteiger partial charge in [0.15, 0.2) is 0 Å². The summed E-state index contributed by atoms with van der Waals surface area (Å²) in [5, 5.41) is 9.65. The molecule has 0 spiro atoms. The Labute approximate surface area is 126 Å². The molecular formula is C19H21NO. The first-order valence-electron chi connectivity index (χ1n) is 7.72. The number of nitrogens with zero attached hydrogens (tertiary/aromatic N) is 1. The van der Waals surface area contributed by atoms with Crippen LogP contribution in [0.25, 0.3) is 0 Å². The second-order valence-corrected chi connectivity index (χ2v) is 5.61. The molecule has 2 heteroatoms. The minimum Gasteiger partial charge on any atom is -0.508 e. The second-order valence-electron chi connectivity index (χ2n) is 5.61. The van der Waals surface area contributed by atoms with Crippen molar-refractivity contribution in [2.45, 2.75) is 32.1 Å². The van der Waals surface area contributed by atoms with Gasteiger partial charge in [-0.15, -0.1) is 0 Å². The van der Waals surface area contributed by atoms with Crippen molar-refractivity contribution in [3.8, 4) is 5.75 Å². The zero-order chi connectivity index (χ0) is 14.5. The van der Waals surface area contributed by atoms with E-state index in [0.29, 0.717) is 5.75 Å². The maximum atomic E-state index is 9.65. The summed E-state index contributed by atoms with van der Waals surface area (Å²) in [4.78, 5) is 4.84. The Morgan fingerprint density at radius 1 is 0.952 bits per heavy atom. The van der Waals surface area contributed by atoms with Crippen LogP contribution in [0.1, 0.15) is 36.0 Å². The largest absolute Gasteiger partial charge is 0.508 e. The van der Waals surface area contributed by atoms with Crippen molar-refractivity contribution >= 4 is 5.71 Å². The topological polar surface area (TPSA) is 32.6 Å². The van der Waals surface area contributed by atoms with Gasteiger partial charge in [-0.05, 0) is 67.0 Å². The molecule has 2 aromatic carbocycles. The molecule has 0 heterocycles. The maximum absolute atomic E-state index is 9.65. The van der Waals surface area contributed by atoms with Gasteiger partial charge in [-0.3, -0.25) is 4.99 Å².